The largest absolute Gasteiger partial charge is 0.387 e. The topological polar surface area (TPSA) is 23.5 Å². The highest BCUT2D eigenvalue weighted by molar-refractivity contribution is 6.38. The third kappa shape index (κ3) is 7.34. The van der Waals surface area contributed by atoms with E-state index >= 15 is 0 Å². The number of unbranched alkanes of at least 4 members (excludes halogenated alkanes) is 8. The molecule has 34 heavy (non-hydrogen) atoms. The average molecular weight is 503 g/mol. The zero-order chi connectivity index (χ0) is 24.3. The van der Waals surface area contributed by atoms with Crippen molar-refractivity contribution in [2.45, 2.75) is 84.2 Å². The number of hydrogen-bond donors (Lipinski definition) is 1. The third-order valence-electron chi connectivity index (χ3n) is 6.90. The Morgan fingerprint density at radius 2 is 1.15 bits per heavy atom. The number of rotatable bonds is 15. The number of benzene rings is 3. The van der Waals surface area contributed by atoms with E-state index in [1.807, 2.05) is 24.3 Å². The molecule has 0 radical (unpaired) electrons. The summed E-state index contributed by atoms with van der Waals surface area (Å²) in [6, 6.07) is 13.9. The predicted molar refractivity (Wildman–Crippen MR) is 150 cm³/mol. The maximum atomic E-state index is 11.6. The molecule has 0 spiro atoms. The van der Waals surface area contributed by atoms with Crippen LogP contribution in [0.2, 0.25) is 10.0 Å². The van der Waals surface area contributed by atoms with Gasteiger partial charge in [-0.05, 0) is 60.5 Å². The second-order valence-electron chi connectivity index (χ2n) is 9.60. The fourth-order valence-electron chi connectivity index (χ4n) is 4.99. The molecule has 0 aliphatic heterocycles. The molecule has 1 N–H and O–H groups in total. The van der Waals surface area contributed by atoms with Gasteiger partial charge >= 0.3 is 0 Å². The van der Waals surface area contributed by atoms with Crippen molar-refractivity contribution < 1.29 is 5.11 Å². The second kappa shape index (κ2) is 14.3. The number of hydrogen-bond acceptors (Lipinski definition) is 2. The Labute approximate surface area is 216 Å². The van der Waals surface area contributed by atoms with Crippen LogP contribution < -0.4 is 0 Å². The van der Waals surface area contributed by atoms with Gasteiger partial charge in [0, 0.05) is 27.4 Å². The van der Waals surface area contributed by atoms with Gasteiger partial charge in [-0.2, -0.15) is 0 Å². The Balaban J connectivity index is 1.84. The SMILES string of the molecule is CCCCCCCN(CCCCCCC)CC(O)c1c2cccc(Cl)c2cc2c(Cl)cccc12. The lowest BCUT2D eigenvalue weighted by molar-refractivity contribution is 0.112. The minimum Gasteiger partial charge on any atom is -0.387 e. The fraction of sp³-hybridized carbons (Fsp3) is 0.533. The lowest BCUT2D eigenvalue weighted by Gasteiger charge is -2.27. The van der Waals surface area contributed by atoms with Gasteiger partial charge in [0.25, 0.3) is 0 Å². The van der Waals surface area contributed by atoms with Crippen molar-refractivity contribution in [3.63, 3.8) is 0 Å². The molecule has 0 heterocycles. The van der Waals surface area contributed by atoms with Gasteiger partial charge in [0.1, 0.15) is 0 Å². The summed E-state index contributed by atoms with van der Waals surface area (Å²) in [5.41, 5.74) is 0.944. The van der Waals surface area contributed by atoms with E-state index in [0.717, 1.165) is 40.2 Å². The van der Waals surface area contributed by atoms with Gasteiger partial charge in [-0.1, -0.05) is 113 Å². The van der Waals surface area contributed by atoms with Gasteiger partial charge in [-0.3, -0.25) is 0 Å². The summed E-state index contributed by atoms with van der Waals surface area (Å²) in [6.07, 6.45) is 12.0. The lowest BCUT2D eigenvalue weighted by Crippen LogP contribution is -2.31. The van der Waals surface area contributed by atoms with E-state index in [2.05, 4.69) is 36.9 Å². The third-order valence-corrected chi connectivity index (χ3v) is 7.55. The Kier molecular flexibility index (Phi) is 11.5. The molecule has 0 saturated heterocycles. The molecule has 0 aliphatic carbocycles. The minimum atomic E-state index is -0.602. The molecule has 4 heteroatoms. The first-order valence-corrected chi connectivity index (χ1v) is 14.0. The molecule has 186 valence electrons. The molecular formula is C30H41Cl2NO. The summed E-state index contributed by atoms with van der Waals surface area (Å²) in [6.45, 7) is 7.23. The summed E-state index contributed by atoms with van der Waals surface area (Å²) in [4.78, 5) is 2.47. The highest BCUT2D eigenvalue weighted by Gasteiger charge is 2.20. The van der Waals surface area contributed by atoms with Gasteiger partial charge < -0.3 is 10.0 Å². The summed E-state index contributed by atoms with van der Waals surface area (Å²) in [5, 5.41) is 16.9. The second-order valence-corrected chi connectivity index (χ2v) is 10.4. The Morgan fingerprint density at radius 1 is 0.676 bits per heavy atom. The quantitative estimate of drug-likeness (QED) is 0.165. The maximum absolute atomic E-state index is 11.6. The highest BCUT2D eigenvalue weighted by Crippen LogP contribution is 2.38. The van der Waals surface area contributed by atoms with Crippen LogP contribution in [0.15, 0.2) is 42.5 Å². The van der Waals surface area contributed by atoms with E-state index in [9.17, 15) is 5.11 Å². The fourth-order valence-corrected chi connectivity index (χ4v) is 5.45. The van der Waals surface area contributed by atoms with E-state index in [4.69, 9.17) is 23.2 Å². The Hall–Kier alpha value is -1.32. The molecule has 0 saturated carbocycles. The van der Waals surface area contributed by atoms with Crippen LogP contribution in [0, 0.1) is 0 Å². The van der Waals surface area contributed by atoms with E-state index in [1.165, 1.54) is 64.2 Å². The van der Waals surface area contributed by atoms with Crippen LogP contribution in [0.25, 0.3) is 21.5 Å². The molecule has 0 aliphatic rings. The summed E-state index contributed by atoms with van der Waals surface area (Å²) in [5.74, 6) is 0. The van der Waals surface area contributed by atoms with Gasteiger partial charge in [0.2, 0.25) is 0 Å². The molecule has 0 amide bonds. The Bertz CT molecular complexity index is 961. The minimum absolute atomic E-state index is 0.602. The van der Waals surface area contributed by atoms with Crippen molar-refractivity contribution in [3.05, 3.63) is 58.1 Å². The monoisotopic (exact) mass is 501 g/mol. The van der Waals surface area contributed by atoms with E-state index in [0.29, 0.717) is 16.6 Å². The molecular weight excluding hydrogens is 461 g/mol. The normalized spacial score (nSPS) is 12.8. The van der Waals surface area contributed by atoms with Crippen molar-refractivity contribution in [2.24, 2.45) is 0 Å². The molecule has 0 bridgehead atoms. The van der Waals surface area contributed by atoms with Gasteiger partial charge in [0.15, 0.2) is 0 Å². The molecule has 2 nitrogen and oxygen atoms in total. The smallest absolute Gasteiger partial charge is 0.0928 e. The molecule has 1 unspecified atom stereocenters. The van der Waals surface area contributed by atoms with Crippen molar-refractivity contribution in [1.82, 2.24) is 4.90 Å². The van der Waals surface area contributed by atoms with Crippen LogP contribution in [0.5, 0.6) is 0 Å². The van der Waals surface area contributed by atoms with Crippen LogP contribution in [0.1, 0.15) is 89.7 Å². The number of aliphatic hydroxyl groups excluding tert-OH is 1. The van der Waals surface area contributed by atoms with Crippen LogP contribution in [0.4, 0.5) is 0 Å². The van der Waals surface area contributed by atoms with Crippen molar-refractivity contribution >= 4 is 44.7 Å². The zero-order valence-electron chi connectivity index (χ0n) is 21.0. The standard InChI is InChI=1S/C30H41Cl2NO/c1-3-5-7-9-11-19-33(20-12-10-8-6-4-2)22-29(34)30-23-15-13-17-27(31)25(23)21-26-24(30)16-14-18-28(26)32/h13-18,21,29,34H,3-12,19-20,22H2,1-2H3. The summed E-state index contributed by atoms with van der Waals surface area (Å²) >= 11 is 13.2. The van der Waals surface area contributed by atoms with Crippen LogP contribution in [-0.2, 0) is 0 Å². The van der Waals surface area contributed by atoms with Gasteiger partial charge in [-0.15, -0.1) is 0 Å². The molecule has 3 rings (SSSR count). The predicted octanol–water partition coefficient (Wildman–Crippen LogP) is 9.58. The van der Waals surface area contributed by atoms with Crippen molar-refractivity contribution in [3.8, 4) is 0 Å². The van der Waals surface area contributed by atoms with E-state index in [1.54, 1.807) is 0 Å². The van der Waals surface area contributed by atoms with Crippen LogP contribution in [-0.4, -0.2) is 29.6 Å². The first-order valence-electron chi connectivity index (χ1n) is 13.3. The van der Waals surface area contributed by atoms with E-state index in [-0.39, 0.29) is 0 Å². The maximum Gasteiger partial charge on any atom is 0.0928 e. The Morgan fingerprint density at radius 3 is 1.62 bits per heavy atom. The van der Waals surface area contributed by atoms with Gasteiger partial charge in [0.05, 0.1) is 6.10 Å². The van der Waals surface area contributed by atoms with Crippen LogP contribution in [0.3, 0.4) is 0 Å². The van der Waals surface area contributed by atoms with Gasteiger partial charge in [-0.25, -0.2) is 0 Å². The number of aliphatic hydroxyl groups is 1. The molecule has 3 aromatic rings. The summed E-state index contributed by atoms with van der Waals surface area (Å²) < 4.78 is 0. The van der Waals surface area contributed by atoms with E-state index < -0.39 is 6.10 Å². The molecule has 0 fully saturated rings. The van der Waals surface area contributed by atoms with Crippen LogP contribution >= 0.6 is 23.2 Å². The van der Waals surface area contributed by atoms with Crippen molar-refractivity contribution in [1.29, 1.82) is 0 Å². The van der Waals surface area contributed by atoms with Crippen molar-refractivity contribution in [2.75, 3.05) is 19.6 Å². The number of fused-ring (bicyclic) bond motifs is 2. The summed E-state index contributed by atoms with van der Waals surface area (Å²) in [7, 11) is 0. The zero-order valence-corrected chi connectivity index (χ0v) is 22.5. The molecule has 3 aromatic carbocycles. The number of nitrogens with zero attached hydrogens (tertiary/aromatic N) is 1. The molecule has 0 aromatic heterocycles. The lowest BCUT2D eigenvalue weighted by atomic mass is 9.93. The highest BCUT2D eigenvalue weighted by atomic mass is 35.5. The first kappa shape index (κ1) is 27.3. The number of halogens is 2. The molecule has 1 atom stereocenters. The average Bonchev–Trinajstić information content (AvgIpc) is 2.83. The first-order chi connectivity index (χ1) is 16.6.